The van der Waals surface area contributed by atoms with E-state index < -0.39 is 0 Å². The summed E-state index contributed by atoms with van der Waals surface area (Å²) in [6, 6.07) is 27.8. The van der Waals surface area contributed by atoms with Gasteiger partial charge in [0, 0.05) is 23.5 Å². The molecule has 5 rings (SSSR count). The number of fused-ring (bicyclic) bond motifs is 1. The minimum Gasteiger partial charge on any atom is -0.484 e. The number of pyridine rings is 1. The molecule has 0 fully saturated rings. The van der Waals surface area contributed by atoms with Gasteiger partial charge in [0.25, 0.3) is 5.91 Å². The third kappa shape index (κ3) is 4.99. The summed E-state index contributed by atoms with van der Waals surface area (Å²) in [5.74, 6) is 2.19. The lowest BCUT2D eigenvalue weighted by Crippen LogP contribution is -2.20. The Hall–Kier alpha value is -4.65. The summed E-state index contributed by atoms with van der Waals surface area (Å²) in [6.07, 6.45) is 1.66. The molecular weight excluding hydrogens is 416 g/mol. The number of aromatic nitrogens is 3. The molecule has 162 valence electrons. The molecule has 2 heterocycles. The highest BCUT2D eigenvalue weighted by atomic mass is 16.5. The van der Waals surface area contributed by atoms with Gasteiger partial charge in [0.1, 0.15) is 17.3 Å². The Bertz CT molecular complexity index is 1350. The Morgan fingerprint density at radius 3 is 2.52 bits per heavy atom. The molecule has 1 amide bonds. The van der Waals surface area contributed by atoms with Crippen molar-refractivity contribution in [3.05, 3.63) is 97.2 Å². The molecule has 3 aromatic carbocycles. The van der Waals surface area contributed by atoms with E-state index in [0.717, 1.165) is 22.4 Å². The second-order valence-corrected chi connectivity index (χ2v) is 7.26. The van der Waals surface area contributed by atoms with E-state index in [0.29, 0.717) is 23.1 Å². The summed E-state index contributed by atoms with van der Waals surface area (Å²) >= 11 is 0. The van der Waals surface area contributed by atoms with Crippen LogP contribution in [0, 0.1) is 0 Å². The molecule has 2 N–H and O–H groups in total. The second-order valence-electron chi connectivity index (χ2n) is 7.26. The number of rotatable bonds is 7. The number of aromatic amines is 1. The number of nitrogens with one attached hydrogen (secondary N) is 2. The highest BCUT2D eigenvalue weighted by molar-refractivity contribution is 5.92. The maximum Gasteiger partial charge on any atom is 0.262 e. The minimum atomic E-state index is -0.259. The fraction of sp³-hybridized carbons (Fsp3) is 0.0385. The van der Waals surface area contributed by atoms with Gasteiger partial charge in [-0.3, -0.25) is 4.79 Å². The van der Waals surface area contributed by atoms with Crippen LogP contribution in [0.1, 0.15) is 0 Å². The highest BCUT2D eigenvalue weighted by Gasteiger charge is 2.08. The molecule has 0 bridgehead atoms. The average Bonchev–Trinajstić information content (AvgIpc) is 3.29. The molecule has 0 spiro atoms. The fourth-order valence-corrected chi connectivity index (χ4v) is 3.31. The largest absolute Gasteiger partial charge is 0.484 e. The number of para-hydroxylation sites is 2. The molecule has 5 aromatic rings. The van der Waals surface area contributed by atoms with E-state index >= 15 is 0 Å². The van der Waals surface area contributed by atoms with Crippen molar-refractivity contribution < 1.29 is 14.3 Å². The van der Waals surface area contributed by atoms with Crippen molar-refractivity contribution in [1.29, 1.82) is 0 Å². The van der Waals surface area contributed by atoms with Gasteiger partial charge in [0.2, 0.25) is 5.88 Å². The van der Waals surface area contributed by atoms with Crippen LogP contribution < -0.4 is 14.8 Å². The van der Waals surface area contributed by atoms with Gasteiger partial charge < -0.3 is 19.8 Å². The number of anilines is 1. The van der Waals surface area contributed by atoms with Crippen LogP contribution >= 0.6 is 0 Å². The van der Waals surface area contributed by atoms with Gasteiger partial charge in [0.05, 0.1) is 11.0 Å². The first-order valence-electron chi connectivity index (χ1n) is 10.4. The molecule has 33 heavy (non-hydrogen) atoms. The van der Waals surface area contributed by atoms with Crippen molar-refractivity contribution in [2.24, 2.45) is 0 Å². The van der Waals surface area contributed by atoms with Crippen LogP contribution in [0.3, 0.4) is 0 Å². The maximum atomic E-state index is 12.4. The lowest BCUT2D eigenvalue weighted by Gasteiger charge is -2.09. The lowest BCUT2D eigenvalue weighted by atomic mass is 10.2. The number of imidazole rings is 1. The summed E-state index contributed by atoms with van der Waals surface area (Å²) < 4.78 is 11.2. The molecule has 7 nitrogen and oxygen atoms in total. The van der Waals surface area contributed by atoms with Crippen molar-refractivity contribution >= 4 is 22.6 Å². The number of hydrogen-bond acceptors (Lipinski definition) is 5. The monoisotopic (exact) mass is 436 g/mol. The predicted molar refractivity (Wildman–Crippen MR) is 126 cm³/mol. The molecule has 0 radical (unpaired) electrons. The van der Waals surface area contributed by atoms with Gasteiger partial charge in [0.15, 0.2) is 6.61 Å². The second kappa shape index (κ2) is 9.23. The Morgan fingerprint density at radius 1 is 0.879 bits per heavy atom. The zero-order valence-corrected chi connectivity index (χ0v) is 17.6. The van der Waals surface area contributed by atoms with Gasteiger partial charge in [-0.1, -0.05) is 30.3 Å². The fourth-order valence-electron chi connectivity index (χ4n) is 3.31. The van der Waals surface area contributed by atoms with Gasteiger partial charge in [-0.05, 0) is 54.6 Å². The number of carbonyl (C=O) groups excluding carboxylic acids is 1. The molecule has 0 aliphatic heterocycles. The van der Waals surface area contributed by atoms with E-state index in [1.54, 1.807) is 36.5 Å². The first-order chi connectivity index (χ1) is 16.2. The first-order valence-corrected chi connectivity index (χ1v) is 10.4. The third-order valence-electron chi connectivity index (χ3n) is 4.86. The van der Waals surface area contributed by atoms with E-state index in [-0.39, 0.29) is 12.5 Å². The van der Waals surface area contributed by atoms with E-state index in [9.17, 15) is 4.79 Å². The zero-order chi connectivity index (χ0) is 22.5. The van der Waals surface area contributed by atoms with Crippen LogP contribution in [0.4, 0.5) is 5.69 Å². The SMILES string of the molecule is O=C(COc1ccc(Oc2ccccn2)cc1)Nc1cccc(-c2nc3ccccc3[nH]2)c1. The van der Waals surface area contributed by atoms with E-state index in [1.807, 2.05) is 60.7 Å². The van der Waals surface area contributed by atoms with Crippen molar-refractivity contribution in [3.8, 4) is 28.8 Å². The standard InChI is InChI=1S/C26H20N4O3/c31-24(17-32-20-11-13-21(14-12-20)33-25-10-3-4-15-27-25)28-19-7-5-6-18(16-19)26-29-22-8-1-2-9-23(22)30-26/h1-16H,17H2,(H,28,31)(H,29,30). The number of carbonyl (C=O) groups is 1. The minimum absolute atomic E-state index is 0.116. The molecule has 0 atom stereocenters. The number of H-pyrrole nitrogens is 1. The summed E-state index contributed by atoms with van der Waals surface area (Å²) in [5.41, 5.74) is 3.41. The first kappa shape index (κ1) is 20.3. The van der Waals surface area contributed by atoms with Crippen molar-refractivity contribution in [3.63, 3.8) is 0 Å². The van der Waals surface area contributed by atoms with Crippen molar-refractivity contribution in [2.45, 2.75) is 0 Å². The maximum absolute atomic E-state index is 12.4. The van der Waals surface area contributed by atoms with E-state index in [4.69, 9.17) is 9.47 Å². The highest BCUT2D eigenvalue weighted by Crippen LogP contribution is 2.24. The third-order valence-corrected chi connectivity index (χ3v) is 4.86. The average molecular weight is 436 g/mol. The van der Waals surface area contributed by atoms with Crippen LogP contribution in [0.25, 0.3) is 22.4 Å². The zero-order valence-electron chi connectivity index (χ0n) is 17.6. The number of ether oxygens (including phenoxy) is 2. The van der Waals surface area contributed by atoms with Crippen molar-refractivity contribution in [2.75, 3.05) is 11.9 Å². The predicted octanol–water partition coefficient (Wildman–Crippen LogP) is 5.43. The lowest BCUT2D eigenvalue weighted by molar-refractivity contribution is -0.118. The molecule has 0 unspecified atom stereocenters. The molecule has 0 saturated carbocycles. The van der Waals surface area contributed by atoms with Crippen LogP contribution in [0.5, 0.6) is 17.4 Å². The van der Waals surface area contributed by atoms with Crippen molar-refractivity contribution in [1.82, 2.24) is 15.0 Å². The normalized spacial score (nSPS) is 10.7. The molecular formula is C26H20N4O3. The van der Waals surface area contributed by atoms with E-state index in [2.05, 4.69) is 20.3 Å². The Morgan fingerprint density at radius 2 is 1.70 bits per heavy atom. The van der Waals surface area contributed by atoms with Crippen LogP contribution in [-0.2, 0) is 4.79 Å². The van der Waals surface area contributed by atoms with Gasteiger partial charge in [-0.2, -0.15) is 0 Å². The summed E-state index contributed by atoms with van der Waals surface area (Å²) in [4.78, 5) is 24.4. The van der Waals surface area contributed by atoms with E-state index in [1.165, 1.54) is 0 Å². The Labute approximate surface area is 190 Å². The molecule has 0 aliphatic rings. The molecule has 2 aromatic heterocycles. The van der Waals surface area contributed by atoms with Crippen LogP contribution in [-0.4, -0.2) is 27.5 Å². The number of benzene rings is 3. The topological polar surface area (TPSA) is 89.1 Å². The van der Waals surface area contributed by atoms with Crippen LogP contribution in [0.15, 0.2) is 97.2 Å². The molecule has 0 aliphatic carbocycles. The summed E-state index contributed by atoms with van der Waals surface area (Å²) in [7, 11) is 0. The summed E-state index contributed by atoms with van der Waals surface area (Å²) in [5, 5.41) is 2.86. The summed E-state index contributed by atoms with van der Waals surface area (Å²) in [6.45, 7) is -0.116. The number of hydrogen-bond donors (Lipinski definition) is 2. The molecule has 0 saturated heterocycles. The van der Waals surface area contributed by atoms with Gasteiger partial charge >= 0.3 is 0 Å². The van der Waals surface area contributed by atoms with Crippen LogP contribution in [0.2, 0.25) is 0 Å². The smallest absolute Gasteiger partial charge is 0.262 e. The van der Waals surface area contributed by atoms with Gasteiger partial charge in [-0.15, -0.1) is 0 Å². The number of nitrogens with zero attached hydrogens (tertiary/aromatic N) is 2. The van der Waals surface area contributed by atoms with Gasteiger partial charge in [-0.25, -0.2) is 9.97 Å². The Kier molecular flexibility index (Phi) is 5.67. The number of amides is 1. The quantitative estimate of drug-likeness (QED) is 0.355. The molecule has 7 heteroatoms. The Balaban J connectivity index is 1.18.